The molecule has 0 spiro atoms. The van der Waals surface area contributed by atoms with Crippen LogP contribution in [0.4, 0.5) is 5.95 Å². The Bertz CT molecular complexity index is 973. The molecule has 0 aliphatic carbocycles. The highest BCUT2D eigenvalue weighted by Gasteiger charge is 2.35. The maximum Gasteiger partial charge on any atom is 0.338 e. The van der Waals surface area contributed by atoms with Gasteiger partial charge < -0.3 is 19.5 Å². The fraction of sp³-hybridized carbons (Fsp3) is 0.522. The molecule has 1 aromatic heterocycles. The first-order valence-electron chi connectivity index (χ1n) is 11.2. The van der Waals surface area contributed by atoms with Crippen molar-refractivity contribution in [1.29, 1.82) is 0 Å². The molecule has 9 heteroatoms. The number of carbonyl (C=O) groups is 1. The molecule has 1 atom stereocenters. The average molecular weight is 461 g/mol. The largest absolute Gasteiger partial charge is 0.490 e. The number of anilines is 1. The van der Waals surface area contributed by atoms with E-state index in [1.54, 1.807) is 23.4 Å². The Morgan fingerprint density at radius 1 is 1.16 bits per heavy atom. The molecule has 174 valence electrons. The van der Waals surface area contributed by atoms with Crippen LogP contribution in [-0.2, 0) is 9.53 Å². The summed E-state index contributed by atoms with van der Waals surface area (Å²) in [6.07, 6.45) is 2.02. The van der Waals surface area contributed by atoms with E-state index >= 15 is 0 Å². The number of hydrogen-bond donors (Lipinski definition) is 1. The molecule has 3 rings (SSSR count). The quantitative estimate of drug-likeness (QED) is 0.290. The number of hydrogen-bond acceptors (Lipinski definition) is 8. The molecule has 0 radical (unpaired) electrons. The van der Waals surface area contributed by atoms with Crippen molar-refractivity contribution in [2.24, 2.45) is 0 Å². The molecule has 0 amide bonds. The number of thioether (sulfide) groups is 1. The number of ether oxygens (including phenoxy) is 3. The number of esters is 1. The minimum absolute atomic E-state index is 0.290. The van der Waals surface area contributed by atoms with Gasteiger partial charge in [0.1, 0.15) is 6.04 Å². The van der Waals surface area contributed by atoms with Crippen LogP contribution in [0.2, 0.25) is 0 Å². The highest BCUT2D eigenvalue weighted by atomic mass is 32.2. The predicted molar refractivity (Wildman–Crippen MR) is 126 cm³/mol. The summed E-state index contributed by atoms with van der Waals surface area (Å²) in [4.78, 5) is 17.5. The molecule has 0 saturated heterocycles. The van der Waals surface area contributed by atoms with E-state index in [1.165, 1.54) is 0 Å². The lowest BCUT2D eigenvalue weighted by molar-refractivity contribution is -0.139. The number of unbranched alkanes of at least 4 members (excludes halogenated alkanes) is 1. The van der Waals surface area contributed by atoms with Crippen molar-refractivity contribution in [1.82, 2.24) is 14.8 Å². The summed E-state index contributed by atoms with van der Waals surface area (Å²) in [6.45, 7) is 11.2. The van der Waals surface area contributed by atoms with Gasteiger partial charge in [-0.15, -0.1) is 5.10 Å². The number of rotatable bonds is 11. The molecule has 2 heterocycles. The van der Waals surface area contributed by atoms with Crippen molar-refractivity contribution >= 4 is 23.7 Å². The third-order valence-electron chi connectivity index (χ3n) is 4.94. The van der Waals surface area contributed by atoms with Gasteiger partial charge in [-0.1, -0.05) is 38.1 Å². The van der Waals surface area contributed by atoms with Crippen LogP contribution in [0.25, 0.3) is 0 Å². The van der Waals surface area contributed by atoms with E-state index in [1.807, 2.05) is 32.0 Å². The number of benzene rings is 1. The fourth-order valence-corrected chi connectivity index (χ4v) is 4.07. The molecular weight excluding hydrogens is 428 g/mol. The van der Waals surface area contributed by atoms with Gasteiger partial charge in [-0.25, -0.2) is 9.48 Å². The monoisotopic (exact) mass is 460 g/mol. The molecule has 32 heavy (non-hydrogen) atoms. The van der Waals surface area contributed by atoms with E-state index in [0.717, 1.165) is 24.2 Å². The minimum atomic E-state index is -0.493. The van der Waals surface area contributed by atoms with Gasteiger partial charge in [0.05, 0.1) is 25.4 Å². The topological polar surface area (TPSA) is 87.5 Å². The average Bonchev–Trinajstić information content (AvgIpc) is 3.16. The van der Waals surface area contributed by atoms with E-state index in [9.17, 15) is 4.79 Å². The molecule has 1 unspecified atom stereocenters. The first-order chi connectivity index (χ1) is 15.5. The molecule has 2 aromatic rings. The number of fused-ring (bicyclic) bond motifs is 1. The van der Waals surface area contributed by atoms with E-state index in [2.05, 4.69) is 29.2 Å². The summed E-state index contributed by atoms with van der Waals surface area (Å²) in [5.74, 6) is 2.40. The van der Waals surface area contributed by atoms with Crippen molar-refractivity contribution in [2.45, 2.75) is 58.7 Å². The summed E-state index contributed by atoms with van der Waals surface area (Å²) in [7, 11) is 0. The van der Waals surface area contributed by atoms with Gasteiger partial charge in [-0.05, 0) is 50.6 Å². The number of carbonyl (C=O) groups excluding carboxylic acids is 1. The Labute approximate surface area is 193 Å². The van der Waals surface area contributed by atoms with E-state index in [-0.39, 0.29) is 12.6 Å². The van der Waals surface area contributed by atoms with Gasteiger partial charge in [0, 0.05) is 5.70 Å². The van der Waals surface area contributed by atoms with Gasteiger partial charge in [0.2, 0.25) is 11.1 Å². The predicted octanol–water partition coefficient (Wildman–Crippen LogP) is 4.82. The summed E-state index contributed by atoms with van der Waals surface area (Å²) >= 11 is 1.55. The molecule has 8 nitrogen and oxygen atoms in total. The van der Waals surface area contributed by atoms with E-state index in [4.69, 9.17) is 14.2 Å². The van der Waals surface area contributed by atoms with Crippen molar-refractivity contribution in [2.75, 3.05) is 30.9 Å². The van der Waals surface area contributed by atoms with Crippen molar-refractivity contribution < 1.29 is 19.0 Å². The lowest BCUT2D eigenvalue weighted by Crippen LogP contribution is -2.29. The third kappa shape index (κ3) is 5.20. The SMILES string of the molecule is CCCCOc1ccc(C2C(C(=O)OCC)=C(C)Nc3nc(SCC)nn32)cc1OCC. The smallest absolute Gasteiger partial charge is 0.338 e. The molecule has 0 saturated carbocycles. The molecule has 0 fully saturated rings. The van der Waals surface area contributed by atoms with Crippen LogP contribution in [0.3, 0.4) is 0 Å². The second-order valence-electron chi connectivity index (χ2n) is 7.22. The van der Waals surface area contributed by atoms with Crippen LogP contribution >= 0.6 is 11.8 Å². The zero-order valence-corrected chi connectivity index (χ0v) is 20.3. The number of nitrogens with one attached hydrogen (secondary N) is 1. The summed E-state index contributed by atoms with van der Waals surface area (Å²) in [5, 5.41) is 8.54. The maximum absolute atomic E-state index is 12.9. The zero-order chi connectivity index (χ0) is 23.1. The van der Waals surface area contributed by atoms with Crippen LogP contribution in [-0.4, -0.2) is 46.3 Å². The molecule has 1 aromatic carbocycles. The minimum Gasteiger partial charge on any atom is -0.490 e. The zero-order valence-electron chi connectivity index (χ0n) is 19.4. The van der Waals surface area contributed by atoms with Crippen LogP contribution in [0.15, 0.2) is 34.6 Å². The second-order valence-corrected chi connectivity index (χ2v) is 8.45. The van der Waals surface area contributed by atoms with E-state index in [0.29, 0.717) is 47.1 Å². The Balaban J connectivity index is 2.08. The van der Waals surface area contributed by atoms with Gasteiger partial charge in [0.25, 0.3) is 0 Å². The van der Waals surface area contributed by atoms with Gasteiger partial charge in [0.15, 0.2) is 11.5 Å². The first-order valence-corrected chi connectivity index (χ1v) is 12.2. The Morgan fingerprint density at radius 3 is 2.66 bits per heavy atom. The summed E-state index contributed by atoms with van der Waals surface area (Å²) in [6, 6.07) is 5.28. The van der Waals surface area contributed by atoms with E-state index < -0.39 is 6.04 Å². The normalized spacial score (nSPS) is 15.2. The standard InChI is InChI=1S/C23H32N4O4S/c1-6-10-13-31-17-12-11-16(14-18(17)29-7-2)20-19(21(28)30-8-3)15(5)24-22-25-23(32-9-4)26-27(20)22/h11-12,14,20H,6-10,13H2,1-5H3,(H,24,25,26). The second kappa shape index (κ2) is 11.3. The van der Waals surface area contributed by atoms with Crippen LogP contribution in [0.5, 0.6) is 11.5 Å². The third-order valence-corrected chi connectivity index (χ3v) is 5.66. The number of nitrogens with zero attached hydrogens (tertiary/aromatic N) is 3. The number of allylic oxidation sites excluding steroid dienone is 1. The highest BCUT2D eigenvalue weighted by Crippen LogP contribution is 2.40. The van der Waals surface area contributed by atoms with Gasteiger partial charge in [-0.3, -0.25) is 0 Å². The Hall–Kier alpha value is -2.68. The maximum atomic E-state index is 12.9. The first kappa shape index (κ1) is 24.0. The highest BCUT2D eigenvalue weighted by molar-refractivity contribution is 7.99. The lowest BCUT2D eigenvalue weighted by atomic mass is 9.95. The lowest BCUT2D eigenvalue weighted by Gasteiger charge is -2.28. The van der Waals surface area contributed by atoms with Crippen LogP contribution in [0, 0.1) is 0 Å². The summed E-state index contributed by atoms with van der Waals surface area (Å²) < 4.78 is 18.9. The molecule has 1 N–H and O–H groups in total. The molecular formula is C23H32N4O4S. The van der Waals surface area contributed by atoms with Crippen molar-refractivity contribution in [3.8, 4) is 11.5 Å². The number of aromatic nitrogens is 3. The fourth-order valence-electron chi connectivity index (χ4n) is 3.51. The van der Waals surface area contributed by atoms with Gasteiger partial charge >= 0.3 is 5.97 Å². The van der Waals surface area contributed by atoms with Crippen LogP contribution in [0.1, 0.15) is 59.1 Å². The Kier molecular flexibility index (Phi) is 8.44. The molecule has 0 bridgehead atoms. The molecule has 1 aliphatic rings. The van der Waals surface area contributed by atoms with Crippen molar-refractivity contribution in [3.63, 3.8) is 0 Å². The van der Waals surface area contributed by atoms with Crippen LogP contribution < -0.4 is 14.8 Å². The summed E-state index contributed by atoms with van der Waals surface area (Å²) in [5.41, 5.74) is 2.04. The molecule has 1 aliphatic heterocycles. The van der Waals surface area contributed by atoms with Crippen molar-refractivity contribution in [3.05, 3.63) is 35.0 Å². The van der Waals surface area contributed by atoms with Gasteiger partial charge in [-0.2, -0.15) is 4.98 Å². The Morgan fingerprint density at radius 2 is 1.97 bits per heavy atom.